The number of anilines is 1. The molecule has 0 amide bonds. The molecule has 0 saturated heterocycles. The average Bonchev–Trinajstić information content (AvgIpc) is 3.17. The molecule has 5 heteroatoms. The molecule has 1 heterocycles. The maximum absolute atomic E-state index is 6.33. The Morgan fingerprint density at radius 2 is 2.00 bits per heavy atom. The van der Waals surface area contributed by atoms with Crippen LogP contribution in [0.2, 0.25) is 10.0 Å². The minimum atomic E-state index is 0.324. The number of aromatic nitrogens is 2. The lowest BCUT2D eigenvalue weighted by molar-refractivity contribution is 0.646. The second kappa shape index (κ2) is 4.97. The highest BCUT2D eigenvalue weighted by molar-refractivity contribution is 6.43. The lowest BCUT2D eigenvalue weighted by Crippen LogP contribution is -2.06. The number of hydrogen-bond donors (Lipinski definition) is 1. The van der Waals surface area contributed by atoms with Gasteiger partial charge in [-0.25, -0.2) is 4.98 Å². The number of hydrogen-bond acceptors (Lipinski definition) is 2. The number of benzene rings is 1. The lowest BCUT2D eigenvalue weighted by Gasteiger charge is -2.10. The van der Waals surface area contributed by atoms with Gasteiger partial charge in [0.15, 0.2) is 0 Å². The van der Waals surface area contributed by atoms with Crippen LogP contribution < -0.4 is 5.73 Å². The highest BCUT2D eigenvalue weighted by Gasteiger charge is 2.31. The molecule has 1 aromatic heterocycles. The van der Waals surface area contributed by atoms with Gasteiger partial charge in [0, 0.05) is 17.5 Å². The van der Waals surface area contributed by atoms with Gasteiger partial charge in [-0.15, -0.1) is 0 Å². The van der Waals surface area contributed by atoms with Gasteiger partial charge in [-0.3, -0.25) is 0 Å². The molecule has 20 heavy (non-hydrogen) atoms. The van der Waals surface area contributed by atoms with E-state index >= 15 is 0 Å². The van der Waals surface area contributed by atoms with E-state index in [1.165, 1.54) is 12.8 Å². The van der Waals surface area contributed by atoms with Crippen molar-refractivity contribution in [2.75, 3.05) is 5.73 Å². The first kappa shape index (κ1) is 13.8. The Balaban J connectivity index is 2.19. The molecule has 106 valence electrons. The Kier molecular flexibility index (Phi) is 3.43. The molecule has 1 aromatic carbocycles. The van der Waals surface area contributed by atoms with Crippen LogP contribution in [0.4, 0.5) is 5.82 Å². The average molecular weight is 310 g/mol. The third-order valence-electron chi connectivity index (χ3n) is 3.61. The third kappa shape index (κ3) is 2.19. The fourth-order valence-electron chi connectivity index (χ4n) is 2.47. The summed E-state index contributed by atoms with van der Waals surface area (Å²) in [6, 6.07) is 6.04. The van der Waals surface area contributed by atoms with E-state index in [2.05, 4.69) is 18.4 Å². The molecule has 3 rings (SSSR count). The zero-order valence-electron chi connectivity index (χ0n) is 11.5. The van der Waals surface area contributed by atoms with Crippen molar-refractivity contribution in [1.29, 1.82) is 0 Å². The van der Waals surface area contributed by atoms with Crippen molar-refractivity contribution >= 4 is 29.0 Å². The molecule has 2 aromatic rings. The predicted molar refractivity (Wildman–Crippen MR) is 84.5 cm³/mol. The highest BCUT2D eigenvalue weighted by atomic mass is 35.5. The zero-order valence-corrected chi connectivity index (χ0v) is 13.0. The molecule has 0 bridgehead atoms. The standard InChI is InChI=1S/C15H17Cl2N3/c1-8(2)15-19-13(14(18)20(15)9-6-7-9)10-4-3-5-11(16)12(10)17/h3-5,8-9H,6-7,18H2,1-2H3. The molecular weight excluding hydrogens is 293 g/mol. The number of nitrogens with zero attached hydrogens (tertiary/aromatic N) is 2. The van der Waals surface area contributed by atoms with Gasteiger partial charge in [-0.2, -0.15) is 0 Å². The first-order valence-electron chi connectivity index (χ1n) is 6.82. The molecule has 1 aliphatic rings. The minimum absolute atomic E-state index is 0.324. The van der Waals surface area contributed by atoms with E-state index in [9.17, 15) is 0 Å². The molecular formula is C15H17Cl2N3. The quantitative estimate of drug-likeness (QED) is 0.876. The fourth-order valence-corrected chi connectivity index (χ4v) is 2.86. The van der Waals surface area contributed by atoms with Crippen molar-refractivity contribution in [1.82, 2.24) is 9.55 Å². The van der Waals surface area contributed by atoms with Gasteiger partial charge in [0.05, 0.1) is 10.0 Å². The molecule has 0 aliphatic heterocycles. The maximum Gasteiger partial charge on any atom is 0.132 e. The van der Waals surface area contributed by atoms with Crippen molar-refractivity contribution in [3.63, 3.8) is 0 Å². The molecule has 2 N–H and O–H groups in total. The number of rotatable bonds is 3. The summed E-state index contributed by atoms with van der Waals surface area (Å²) < 4.78 is 2.16. The van der Waals surface area contributed by atoms with Gasteiger partial charge < -0.3 is 10.3 Å². The van der Waals surface area contributed by atoms with Gasteiger partial charge in [-0.05, 0) is 18.9 Å². The summed E-state index contributed by atoms with van der Waals surface area (Å²) in [7, 11) is 0. The molecule has 3 nitrogen and oxygen atoms in total. The van der Waals surface area contributed by atoms with Crippen molar-refractivity contribution in [3.8, 4) is 11.3 Å². The molecule has 0 atom stereocenters. The van der Waals surface area contributed by atoms with Gasteiger partial charge >= 0.3 is 0 Å². The topological polar surface area (TPSA) is 43.8 Å². The van der Waals surface area contributed by atoms with Crippen LogP contribution in [0.25, 0.3) is 11.3 Å². The molecule has 1 saturated carbocycles. The van der Waals surface area contributed by atoms with Crippen molar-refractivity contribution < 1.29 is 0 Å². The largest absolute Gasteiger partial charge is 0.383 e. The van der Waals surface area contributed by atoms with E-state index < -0.39 is 0 Å². The monoisotopic (exact) mass is 309 g/mol. The van der Waals surface area contributed by atoms with Crippen molar-refractivity contribution in [3.05, 3.63) is 34.1 Å². The Bertz CT molecular complexity index is 657. The number of halogens is 2. The van der Waals surface area contributed by atoms with Crippen molar-refractivity contribution in [2.24, 2.45) is 0 Å². The van der Waals surface area contributed by atoms with Crippen LogP contribution in [-0.4, -0.2) is 9.55 Å². The van der Waals surface area contributed by atoms with Crippen LogP contribution in [0.5, 0.6) is 0 Å². The first-order valence-corrected chi connectivity index (χ1v) is 7.58. The fraction of sp³-hybridized carbons (Fsp3) is 0.400. The van der Waals surface area contributed by atoms with E-state index in [1.807, 2.05) is 12.1 Å². The van der Waals surface area contributed by atoms with Gasteiger partial charge in [0.2, 0.25) is 0 Å². The van der Waals surface area contributed by atoms with Crippen molar-refractivity contribution in [2.45, 2.75) is 38.6 Å². The first-order chi connectivity index (χ1) is 9.50. The van der Waals surface area contributed by atoms with Crippen LogP contribution in [-0.2, 0) is 0 Å². The molecule has 1 fully saturated rings. The molecule has 1 aliphatic carbocycles. The van der Waals surface area contributed by atoms with E-state index in [1.54, 1.807) is 6.07 Å². The second-order valence-corrected chi connectivity index (χ2v) is 6.35. The second-order valence-electron chi connectivity index (χ2n) is 5.56. The summed E-state index contributed by atoms with van der Waals surface area (Å²) in [6.45, 7) is 4.26. The normalized spacial score (nSPS) is 15.1. The Labute approximate surface area is 128 Å². The Morgan fingerprint density at radius 3 is 2.60 bits per heavy atom. The molecule has 0 spiro atoms. The summed E-state index contributed by atoms with van der Waals surface area (Å²) in [5.74, 6) is 2.04. The lowest BCUT2D eigenvalue weighted by atomic mass is 10.1. The van der Waals surface area contributed by atoms with Gasteiger partial charge in [0.1, 0.15) is 17.3 Å². The molecule has 0 radical (unpaired) electrons. The number of nitrogens with two attached hydrogens (primary N) is 1. The van der Waals surface area contributed by atoms with Gasteiger partial charge in [0.25, 0.3) is 0 Å². The number of imidazole rings is 1. The number of nitrogen functional groups attached to an aromatic ring is 1. The van der Waals surface area contributed by atoms with Crippen LogP contribution in [0, 0.1) is 0 Å². The highest BCUT2D eigenvalue weighted by Crippen LogP contribution is 2.44. The summed E-state index contributed by atoms with van der Waals surface area (Å²) in [5, 5.41) is 1.03. The smallest absolute Gasteiger partial charge is 0.132 e. The Morgan fingerprint density at radius 1 is 1.30 bits per heavy atom. The summed E-state index contributed by atoms with van der Waals surface area (Å²) >= 11 is 12.4. The van der Waals surface area contributed by atoms with Gasteiger partial charge in [-0.1, -0.05) is 49.2 Å². The van der Waals surface area contributed by atoms with E-state index in [-0.39, 0.29) is 0 Å². The predicted octanol–water partition coefficient (Wildman–Crippen LogP) is 4.90. The van der Waals surface area contributed by atoms with E-state index in [0.717, 1.165) is 17.1 Å². The van der Waals surface area contributed by atoms with Crippen LogP contribution >= 0.6 is 23.2 Å². The van der Waals surface area contributed by atoms with E-state index in [4.69, 9.17) is 33.9 Å². The minimum Gasteiger partial charge on any atom is -0.383 e. The maximum atomic E-state index is 6.33. The van der Waals surface area contributed by atoms with E-state index in [0.29, 0.717) is 27.8 Å². The van der Waals surface area contributed by atoms with Crippen LogP contribution in [0.3, 0.4) is 0 Å². The van der Waals surface area contributed by atoms with Crippen LogP contribution in [0.1, 0.15) is 44.5 Å². The summed E-state index contributed by atoms with van der Waals surface area (Å²) in [4.78, 5) is 4.74. The Hall–Kier alpha value is -1.19. The summed E-state index contributed by atoms with van der Waals surface area (Å²) in [6.07, 6.45) is 2.34. The zero-order chi connectivity index (χ0) is 14.4. The molecule has 0 unspecified atom stereocenters. The third-order valence-corrected chi connectivity index (χ3v) is 4.43. The SMILES string of the molecule is CC(C)c1nc(-c2cccc(Cl)c2Cl)c(N)n1C1CC1. The summed E-state index contributed by atoms with van der Waals surface area (Å²) in [5.41, 5.74) is 7.88. The van der Waals surface area contributed by atoms with Crippen LogP contribution in [0.15, 0.2) is 18.2 Å².